The van der Waals surface area contributed by atoms with Crippen LogP contribution in [-0.2, 0) is 4.74 Å². The van der Waals surface area contributed by atoms with Gasteiger partial charge in [0.05, 0.1) is 20.3 Å². The Hall–Kier alpha value is -1.26. The minimum absolute atomic E-state index is 0.255. The summed E-state index contributed by atoms with van der Waals surface area (Å²) in [7, 11) is 5.14. The molecule has 0 spiro atoms. The van der Waals surface area contributed by atoms with Crippen LogP contribution in [0.1, 0.15) is 44.2 Å². The van der Waals surface area contributed by atoms with E-state index in [1.165, 1.54) is 24.8 Å². The van der Waals surface area contributed by atoms with Crippen LogP contribution in [0.4, 0.5) is 0 Å². The number of benzene rings is 1. The molecule has 1 aliphatic carbocycles. The van der Waals surface area contributed by atoms with Crippen molar-refractivity contribution in [2.45, 2.75) is 50.8 Å². The van der Waals surface area contributed by atoms with Gasteiger partial charge in [0, 0.05) is 19.2 Å². The SMILES string of the molecule is COc1ccc(C(C)NC2CCCCC2OC)cc1OC. The molecule has 0 saturated heterocycles. The van der Waals surface area contributed by atoms with Crippen LogP contribution in [0, 0.1) is 0 Å². The third kappa shape index (κ3) is 3.89. The molecular formula is C17H27NO3. The maximum Gasteiger partial charge on any atom is 0.161 e. The fraction of sp³-hybridized carbons (Fsp3) is 0.647. The molecule has 0 amide bonds. The fourth-order valence-corrected chi connectivity index (χ4v) is 3.11. The lowest BCUT2D eigenvalue weighted by Gasteiger charge is -2.33. The lowest BCUT2D eigenvalue weighted by molar-refractivity contribution is 0.0384. The molecule has 0 aliphatic heterocycles. The molecule has 1 fully saturated rings. The summed E-state index contributed by atoms with van der Waals surface area (Å²) in [6.07, 6.45) is 5.18. The van der Waals surface area contributed by atoms with Crippen LogP contribution < -0.4 is 14.8 Å². The van der Waals surface area contributed by atoms with Gasteiger partial charge in [-0.2, -0.15) is 0 Å². The molecule has 118 valence electrons. The molecule has 0 bridgehead atoms. The van der Waals surface area contributed by atoms with Gasteiger partial charge in [0.25, 0.3) is 0 Å². The highest BCUT2D eigenvalue weighted by Gasteiger charge is 2.26. The smallest absolute Gasteiger partial charge is 0.161 e. The van der Waals surface area contributed by atoms with E-state index < -0.39 is 0 Å². The van der Waals surface area contributed by atoms with E-state index in [2.05, 4.69) is 18.3 Å². The average molecular weight is 293 g/mol. The van der Waals surface area contributed by atoms with Gasteiger partial charge in [0.2, 0.25) is 0 Å². The van der Waals surface area contributed by atoms with Gasteiger partial charge in [-0.3, -0.25) is 0 Å². The minimum Gasteiger partial charge on any atom is -0.493 e. The highest BCUT2D eigenvalue weighted by Crippen LogP contribution is 2.31. The Morgan fingerprint density at radius 1 is 1.05 bits per heavy atom. The van der Waals surface area contributed by atoms with Crippen LogP contribution in [0.2, 0.25) is 0 Å². The summed E-state index contributed by atoms with van der Waals surface area (Å²) >= 11 is 0. The molecule has 4 nitrogen and oxygen atoms in total. The summed E-state index contributed by atoms with van der Waals surface area (Å²) in [5, 5.41) is 3.70. The molecule has 1 aromatic rings. The Morgan fingerprint density at radius 2 is 1.76 bits per heavy atom. The summed E-state index contributed by atoms with van der Waals surface area (Å²) in [5.74, 6) is 1.54. The number of hydrogen-bond donors (Lipinski definition) is 1. The summed E-state index contributed by atoms with van der Waals surface area (Å²) < 4.78 is 16.3. The minimum atomic E-state index is 0.255. The maximum absolute atomic E-state index is 5.61. The van der Waals surface area contributed by atoms with Gasteiger partial charge in [0.1, 0.15) is 0 Å². The fourth-order valence-electron chi connectivity index (χ4n) is 3.11. The Labute approximate surface area is 127 Å². The highest BCUT2D eigenvalue weighted by atomic mass is 16.5. The van der Waals surface area contributed by atoms with E-state index in [9.17, 15) is 0 Å². The Bertz CT molecular complexity index is 450. The molecule has 3 atom stereocenters. The standard InChI is InChI=1S/C17H27NO3/c1-12(18-14-7-5-6-8-15(14)19-2)13-9-10-16(20-3)17(11-13)21-4/h9-12,14-15,18H,5-8H2,1-4H3. The van der Waals surface area contributed by atoms with Crippen LogP contribution in [-0.4, -0.2) is 33.5 Å². The molecule has 0 heterocycles. The van der Waals surface area contributed by atoms with Crippen LogP contribution in [0.15, 0.2) is 18.2 Å². The Morgan fingerprint density at radius 3 is 2.43 bits per heavy atom. The monoisotopic (exact) mass is 293 g/mol. The molecule has 3 unspecified atom stereocenters. The van der Waals surface area contributed by atoms with E-state index in [1.54, 1.807) is 14.2 Å². The average Bonchev–Trinajstić information content (AvgIpc) is 2.54. The highest BCUT2D eigenvalue weighted by molar-refractivity contribution is 5.43. The molecule has 1 saturated carbocycles. The first-order valence-corrected chi connectivity index (χ1v) is 7.70. The predicted octanol–water partition coefficient (Wildman–Crippen LogP) is 3.31. The third-order valence-electron chi connectivity index (χ3n) is 4.38. The van der Waals surface area contributed by atoms with Gasteiger partial charge in [-0.15, -0.1) is 0 Å². The van der Waals surface area contributed by atoms with Crippen molar-refractivity contribution in [2.24, 2.45) is 0 Å². The normalized spacial score (nSPS) is 23.6. The summed E-state index contributed by atoms with van der Waals surface area (Å²) in [6.45, 7) is 2.18. The quantitative estimate of drug-likeness (QED) is 0.873. The molecule has 1 aliphatic rings. The zero-order valence-corrected chi connectivity index (χ0v) is 13.5. The van der Waals surface area contributed by atoms with Gasteiger partial charge in [-0.05, 0) is 37.5 Å². The Kier molecular flexibility index (Phi) is 5.88. The molecule has 21 heavy (non-hydrogen) atoms. The van der Waals surface area contributed by atoms with Crippen molar-refractivity contribution in [1.29, 1.82) is 0 Å². The summed E-state index contributed by atoms with van der Waals surface area (Å²) in [4.78, 5) is 0. The molecule has 0 aromatic heterocycles. The largest absolute Gasteiger partial charge is 0.493 e. The number of hydrogen-bond acceptors (Lipinski definition) is 4. The van der Waals surface area contributed by atoms with E-state index in [-0.39, 0.29) is 6.04 Å². The van der Waals surface area contributed by atoms with Crippen molar-refractivity contribution in [3.8, 4) is 11.5 Å². The molecular weight excluding hydrogens is 266 g/mol. The number of rotatable bonds is 6. The lowest BCUT2D eigenvalue weighted by atomic mass is 9.91. The van der Waals surface area contributed by atoms with Gasteiger partial charge in [0.15, 0.2) is 11.5 Å². The predicted molar refractivity (Wildman–Crippen MR) is 84.1 cm³/mol. The number of nitrogens with one attached hydrogen (secondary N) is 1. The lowest BCUT2D eigenvalue weighted by Crippen LogP contribution is -2.44. The molecule has 2 rings (SSSR count). The van der Waals surface area contributed by atoms with Crippen LogP contribution in [0.3, 0.4) is 0 Å². The maximum atomic E-state index is 5.61. The molecule has 1 aromatic carbocycles. The van der Waals surface area contributed by atoms with E-state index in [4.69, 9.17) is 14.2 Å². The van der Waals surface area contributed by atoms with Crippen molar-refractivity contribution in [3.05, 3.63) is 23.8 Å². The van der Waals surface area contributed by atoms with Crippen molar-refractivity contribution < 1.29 is 14.2 Å². The topological polar surface area (TPSA) is 39.7 Å². The molecule has 1 N–H and O–H groups in total. The van der Waals surface area contributed by atoms with E-state index in [0.29, 0.717) is 12.1 Å². The zero-order chi connectivity index (χ0) is 15.2. The second-order valence-corrected chi connectivity index (χ2v) is 5.67. The van der Waals surface area contributed by atoms with Gasteiger partial charge >= 0.3 is 0 Å². The summed E-state index contributed by atoms with van der Waals surface area (Å²) in [5.41, 5.74) is 1.20. The van der Waals surface area contributed by atoms with E-state index >= 15 is 0 Å². The first kappa shape index (κ1) is 16.1. The van der Waals surface area contributed by atoms with Crippen molar-refractivity contribution >= 4 is 0 Å². The number of ether oxygens (including phenoxy) is 3. The Balaban J connectivity index is 2.07. The van der Waals surface area contributed by atoms with Crippen LogP contribution in [0.25, 0.3) is 0 Å². The molecule has 4 heteroatoms. The first-order valence-electron chi connectivity index (χ1n) is 7.70. The van der Waals surface area contributed by atoms with Gasteiger partial charge in [-0.25, -0.2) is 0 Å². The van der Waals surface area contributed by atoms with Crippen LogP contribution >= 0.6 is 0 Å². The second kappa shape index (κ2) is 7.66. The first-order chi connectivity index (χ1) is 10.2. The van der Waals surface area contributed by atoms with Crippen molar-refractivity contribution in [1.82, 2.24) is 5.32 Å². The van der Waals surface area contributed by atoms with Gasteiger partial charge in [-0.1, -0.05) is 18.9 Å². The number of methoxy groups -OCH3 is 3. The van der Waals surface area contributed by atoms with Crippen LogP contribution in [0.5, 0.6) is 11.5 Å². The summed E-state index contributed by atoms with van der Waals surface area (Å²) in [6, 6.07) is 6.77. The van der Waals surface area contributed by atoms with Crippen molar-refractivity contribution in [3.63, 3.8) is 0 Å². The van der Waals surface area contributed by atoms with E-state index in [1.807, 2.05) is 19.2 Å². The van der Waals surface area contributed by atoms with Gasteiger partial charge < -0.3 is 19.5 Å². The van der Waals surface area contributed by atoms with Crippen molar-refractivity contribution in [2.75, 3.05) is 21.3 Å². The third-order valence-corrected chi connectivity index (χ3v) is 4.38. The second-order valence-electron chi connectivity index (χ2n) is 5.67. The van der Waals surface area contributed by atoms with E-state index in [0.717, 1.165) is 17.9 Å². The molecule has 0 radical (unpaired) electrons. The zero-order valence-electron chi connectivity index (χ0n) is 13.5.